The maximum absolute atomic E-state index is 12.6. The van der Waals surface area contributed by atoms with Crippen LogP contribution in [-0.2, 0) is 19.6 Å². The zero-order valence-corrected chi connectivity index (χ0v) is 15.2. The first kappa shape index (κ1) is 19.6. The molecule has 0 bridgehead atoms. The summed E-state index contributed by atoms with van der Waals surface area (Å²) in [6.45, 7) is 3.22. The number of hydrogen-bond donors (Lipinski definition) is 2. The van der Waals surface area contributed by atoms with Crippen molar-refractivity contribution < 1.29 is 23.1 Å². The van der Waals surface area contributed by atoms with Gasteiger partial charge in [0.15, 0.2) is 0 Å². The van der Waals surface area contributed by atoms with Crippen LogP contribution in [0.15, 0.2) is 53.4 Å². The monoisotopic (exact) mass is 375 g/mol. The van der Waals surface area contributed by atoms with E-state index in [2.05, 4.69) is 10.0 Å². The van der Waals surface area contributed by atoms with Crippen LogP contribution in [-0.4, -0.2) is 20.3 Å². The lowest BCUT2D eigenvalue weighted by atomic mass is 10.0. The standard InChI is InChI=1S/C18H20N2O5S/c1-12-3-5-14(6-4-12)17(11-18(22)23)20-26(24,25)16-9-7-15(8-10-16)19-13(2)21/h3-10,17,20H,11H2,1-2H3,(H,19,21)(H,22,23)/p-1/t17-/m0/s1. The Kier molecular flexibility index (Phi) is 6.12. The minimum absolute atomic E-state index is 0.0398. The highest BCUT2D eigenvalue weighted by Crippen LogP contribution is 2.21. The largest absolute Gasteiger partial charge is 0.550 e. The number of aryl methyl sites for hydroxylation is 1. The summed E-state index contributed by atoms with van der Waals surface area (Å²) < 4.78 is 27.6. The third kappa shape index (κ3) is 5.40. The molecule has 26 heavy (non-hydrogen) atoms. The number of carbonyl (C=O) groups excluding carboxylic acids is 2. The number of rotatable bonds is 7. The van der Waals surface area contributed by atoms with E-state index in [4.69, 9.17) is 0 Å². The second kappa shape index (κ2) is 8.11. The summed E-state index contributed by atoms with van der Waals surface area (Å²) in [7, 11) is -3.96. The van der Waals surface area contributed by atoms with E-state index < -0.39 is 28.5 Å². The Morgan fingerprint density at radius 1 is 1.04 bits per heavy atom. The normalized spacial score (nSPS) is 12.4. The van der Waals surface area contributed by atoms with Crippen molar-refractivity contribution in [3.8, 4) is 0 Å². The summed E-state index contributed by atoms with van der Waals surface area (Å²) in [5, 5.41) is 13.6. The number of aliphatic carboxylic acids is 1. The van der Waals surface area contributed by atoms with Crippen LogP contribution < -0.4 is 15.1 Å². The van der Waals surface area contributed by atoms with Crippen LogP contribution in [0.2, 0.25) is 0 Å². The van der Waals surface area contributed by atoms with E-state index in [0.717, 1.165) is 5.56 Å². The smallest absolute Gasteiger partial charge is 0.241 e. The van der Waals surface area contributed by atoms with Crippen molar-refractivity contribution in [2.45, 2.75) is 31.2 Å². The SMILES string of the molecule is CC(=O)Nc1ccc(S(=O)(=O)N[C@@H](CC(=O)[O-])c2ccc(C)cc2)cc1. The van der Waals surface area contributed by atoms with Crippen molar-refractivity contribution in [2.75, 3.05) is 5.32 Å². The predicted octanol–water partition coefficient (Wildman–Crippen LogP) is 1.11. The number of anilines is 1. The first-order chi connectivity index (χ1) is 12.2. The average Bonchev–Trinajstić information content (AvgIpc) is 2.54. The Labute approximate surface area is 152 Å². The molecule has 2 rings (SSSR count). The minimum atomic E-state index is -3.96. The Morgan fingerprint density at radius 2 is 1.62 bits per heavy atom. The third-order valence-corrected chi connectivity index (χ3v) is 5.12. The zero-order chi connectivity index (χ0) is 19.3. The molecule has 0 radical (unpaired) electrons. The van der Waals surface area contributed by atoms with Crippen molar-refractivity contribution in [1.82, 2.24) is 4.72 Å². The lowest BCUT2D eigenvalue weighted by molar-refractivity contribution is -0.306. The number of carboxylic acid groups (broad SMARTS) is 1. The molecule has 0 spiro atoms. The number of carboxylic acids is 1. The number of amides is 1. The fourth-order valence-electron chi connectivity index (χ4n) is 2.37. The first-order valence-electron chi connectivity index (χ1n) is 7.84. The second-order valence-corrected chi connectivity index (χ2v) is 7.58. The van der Waals surface area contributed by atoms with E-state index in [-0.39, 0.29) is 10.8 Å². The van der Waals surface area contributed by atoms with Gasteiger partial charge in [-0.25, -0.2) is 13.1 Å². The summed E-state index contributed by atoms with van der Waals surface area (Å²) in [4.78, 5) is 22.0. The van der Waals surface area contributed by atoms with Gasteiger partial charge >= 0.3 is 0 Å². The highest BCUT2D eigenvalue weighted by molar-refractivity contribution is 7.89. The molecule has 2 aromatic rings. The molecule has 0 aliphatic rings. The number of sulfonamides is 1. The molecule has 0 saturated carbocycles. The average molecular weight is 375 g/mol. The zero-order valence-electron chi connectivity index (χ0n) is 14.4. The Bertz CT molecular complexity index is 890. The molecule has 0 heterocycles. The Hall–Kier alpha value is -2.71. The molecule has 2 N–H and O–H groups in total. The van der Waals surface area contributed by atoms with Crippen molar-refractivity contribution >= 4 is 27.6 Å². The van der Waals surface area contributed by atoms with E-state index in [0.29, 0.717) is 11.3 Å². The van der Waals surface area contributed by atoms with Gasteiger partial charge in [-0.3, -0.25) is 4.79 Å². The van der Waals surface area contributed by atoms with Gasteiger partial charge < -0.3 is 15.2 Å². The van der Waals surface area contributed by atoms with Gasteiger partial charge in [0, 0.05) is 25.0 Å². The Morgan fingerprint density at radius 3 is 2.12 bits per heavy atom. The quantitative estimate of drug-likeness (QED) is 0.752. The van der Waals surface area contributed by atoms with Gasteiger partial charge in [-0.05, 0) is 36.8 Å². The molecule has 0 fully saturated rings. The summed E-state index contributed by atoms with van der Waals surface area (Å²) in [5.41, 5.74) is 1.96. The molecule has 0 aliphatic carbocycles. The molecule has 1 atom stereocenters. The van der Waals surface area contributed by atoms with Crippen LogP contribution in [0.5, 0.6) is 0 Å². The van der Waals surface area contributed by atoms with Crippen LogP contribution in [0, 0.1) is 6.92 Å². The fourth-order valence-corrected chi connectivity index (χ4v) is 3.59. The van der Waals surface area contributed by atoms with Gasteiger partial charge in [-0.15, -0.1) is 0 Å². The topological polar surface area (TPSA) is 115 Å². The van der Waals surface area contributed by atoms with E-state index in [1.807, 2.05) is 6.92 Å². The van der Waals surface area contributed by atoms with Crippen molar-refractivity contribution in [3.63, 3.8) is 0 Å². The van der Waals surface area contributed by atoms with E-state index in [9.17, 15) is 23.1 Å². The van der Waals surface area contributed by atoms with Gasteiger partial charge in [-0.2, -0.15) is 0 Å². The predicted molar refractivity (Wildman–Crippen MR) is 94.6 cm³/mol. The molecule has 138 valence electrons. The molecule has 0 aromatic heterocycles. The van der Waals surface area contributed by atoms with Crippen molar-refractivity contribution in [1.29, 1.82) is 0 Å². The lowest BCUT2D eigenvalue weighted by Crippen LogP contribution is -2.34. The van der Waals surface area contributed by atoms with E-state index in [1.54, 1.807) is 24.3 Å². The molecular formula is C18H19N2O5S-. The number of hydrogen-bond acceptors (Lipinski definition) is 5. The highest BCUT2D eigenvalue weighted by atomic mass is 32.2. The second-order valence-electron chi connectivity index (χ2n) is 5.87. The van der Waals surface area contributed by atoms with Gasteiger partial charge in [0.2, 0.25) is 15.9 Å². The van der Waals surface area contributed by atoms with Crippen LogP contribution in [0.25, 0.3) is 0 Å². The van der Waals surface area contributed by atoms with Crippen molar-refractivity contribution in [2.24, 2.45) is 0 Å². The van der Waals surface area contributed by atoms with Crippen LogP contribution >= 0.6 is 0 Å². The van der Waals surface area contributed by atoms with Gasteiger partial charge in [0.25, 0.3) is 0 Å². The lowest BCUT2D eigenvalue weighted by Gasteiger charge is -2.20. The molecule has 0 saturated heterocycles. The Balaban J connectivity index is 2.26. The fraction of sp³-hybridized carbons (Fsp3) is 0.222. The van der Waals surface area contributed by atoms with Crippen LogP contribution in [0.1, 0.15) is 30.5 Å². The van der Waals surface area contributed by atoms with Crippen LogP contribution in [0.4, 0.5) is 5.69 Å². The summed E-state index contributed by atoms with van der Waals surface area (Å²) in [6, 6.07) is 11.5. The van der Waals surface area contributed by atoms with Gasteiger partial charge in [0.1, 0.15) is 0 Å². The third-order valence-electron chi connectivity index (χ3n) is 3.63. The molecule has 1 amide bonds. The summed E-state index contributed by atoms with van der Waals surface area (Å²) >= 11 is 0. The van der Waals surface area contributed by atoms with Crippen LogP contribution in [0.3, 0.4) is 0 Å². The van der Waals surface area contributed by atoms with Gasteiger partial charge in [-0.1, -0.05) is 29.8 Å². The maximum atomic E-state index is 12.6. The highest BCUT2D eigenvalue weighted by Gasteiger charge is 2.21. The molecular weight excluding hydrogens is 356 g/mol. The first-order valence-corrected chi connectivity index (χ1v) is 9.32. The van der Waals surface area contributed by atoms with Gasteiger partial charge in [0.05, 0.1) is 10.9 Å². The summed E-state index contributed by atoms with van der Waals surface area (Å²) in [5.74, 6) is -1.63. The number of nitrogens with one attached hydrogen (secondary N) is 2. The maximum Gasteiger partial charge on any atom is 0.241 e. The summed E-state index contributed by atoms with van der Waals surface area (Å²) in [6.07, 6.45) is -0.494. The number of benzene rings is 2. The molecule has 2 aromatic carbocycles. The molecule has 8 heteroatoms. The number of carbonyl (C=O) groups is 2. The minimum Gasteiger partial charge on any atom is -0.550 e. The molecule has 7 nitrogen and oxygen atoms in total. The molecule has 0 aliphatic heterocycles. The van der Waals surface area contributed by atoms with E-state index in [1.165, 1.54) is 31.2 Å². The van der Waals surface area contributed by atoms with E-state index >= 15 is 0 Å². The molecule has 0 unspecified atom stereocenters. The van der Waals surface area contributed by atoms with Crippen molar-refractivity contribution in [3.05, 3.63) is 59.7 Å².